The summed E-state index contributed by atoms with van der Waals surface area (Å²) in [4.78, 5) is 24.2. The Bertz CT molecular complexity index is 475. The van der Waals surface area contributed by atoms with Gasteiger partial charge in [-0.3, -0.25) is 9.59 Å². The SMILES string of the molecule is COC(=O)C1(C(=O)OC)C[C@@]12CC=C(O[Si](C)(C)C)CC2. The highest BCUT2D eigenvalue weighted by molar-refractivity contribution is 6.70. The fourth-order valence-corrected chi connectivity index (χ4v) is 4.35. The van der Waals surface area contributed by atoms with Crippen LogP contribution in [0, 0.1) is 10.8 Å². The Balaban J connectivity index is 2.17. The van der Waals surface area contributed by atoms with Gasteiger partial charge in [-0.05, 0) is 45.0 Å². The molecule has 1 spiro atoms. The third kappa shape index (κ3) is 2.61. The van der Waals surface area contributed by atoms with E-state index in [4.69, 9.17) is 13.9 Å². The molecule has 5 nitrogen and oxygen atoms in total. The number of allylic oxidation sites excluding steroid dienone is 2. The number of esters is 2. The summed E-state index contributed by atoms with van der Waals surface area (Å²) in [5, 5.41) is 0. The lowest BCUT2D eigenvalue weighted by Gasteiger charge is -2.29. The van der Waals surface area contributed by atoms with E-state index in [0.717, 1.165) is 18.6 Å². The van der Waals surface area contributed by atoms with Crippen molar-refractivity contribution in [3.8, 4) is 0 Å². The van der Waals surface area contributed by atoms with E-state index < -0.39 is 25.7 Å². The molecule has 1 atom stereocenters. The number of rotatable bonds is 4. The minimum Gasteiger partial charge on any atom is -0.548 e. The summed E-state index contributed by atoms with van der Waals surface area (Å²) >= 11 is 0. The van der Waals surface area contributed by atoms with E-state index in [0.29, 0.717) is 12.8 Å². The van der Waals surface area contributed by atoms with Crippen molar-refractivity contribution in [2.75, 3.05) is 14.2 Å². The van der Waals surface area contributed by atoms with E-state index in [9.17, 15) is 9.59 Å². The number of carbonyl (C=O) groups is 2. The van der Waals surface area contributed by atoms with E-state index in [2.05, 4.69) is 19.6 Å². The molecule has 118 valence electrons. The Morgan fingerprint density at radius 3 is 2.10 bits per heavy atom. The van der Waals surface area contributed by atoms with Crippen molar-refractivity contribution in [3.63, 3.8) is 0 Å². The molecule has 1 saturated carbocycles. The Kier molecular flexibility index (Phi) is 3.95. The van der Waals surface area contributed by atoms with Gasteiger partial charge in [-0.15, -0.1) is 0 Å². The molecular weight excluding hydrogens is 288 g/mol. The average molecular weight is 312 g/mol. The van der Waals surface area contributed by atoms with Crippen molar-refractivity contribution < 1.29 is 23.5 Å². The van der Waals surface area contributed by atoms with Crippen LogP contribution >= 0.6 is 0 Å². The molecule has 21 heavy (non-hydrogen) atoms. The van der Waals surface area contributed by atoms with Crippen LogP contribution in [0.1, 0.15) is 25.7 Å². The van der Waals surface area contributed by atoms with Crippen LogP contribution in [0.15, 0.2) is 11.8 Å². The van der Waals surface area contributed by atoms with E-state index in [-0.39, 0.29) is 5.41 Å². The molecule has 2 rings (SSSR count). The normalized spacial score (nSPS) is 26.8. The van der Waals surface area contributed by atoms with E-state index in [1.165, 1.54) is 14.2 Å². The highest BCUT2D eigenvalue weighted by Gasteiger charge is 2.77. The topological polar surface area (TPSA) is 61.8 Å². The number of ether oxygens (including phenoxy) is 2. The van der Waals surface area contributed by atoms with E-state index >= 15 is 0 Å². The molecule has 2 aliphatic rings. The molecule has 0 N–H and O–H groups in total. The molecule has 0 aromatic heterocycles. The zero-order valence-electron chi connectivity index (χ0n) is 13.4. The fourth-order valence-electron chi connectivity index (χ4n) is 3.38. The standard InChI is InChI=1S/C15H24O5Si/c1-18-12(16)15(13(17)19-2)10-14(15)8-6-11(7-9-14)20-21(3,4)5/h6H,7-10H2,1-5H3/t14-/m0/s1. The summed E-state index contributed by atoms with van der Waals surface area (Å²) in [6.45, 7) is 6.42. The van der Waals surface area contributed by atoms with Gasteiger partial charge in [0.15, 0.2) is 5.41 Å². The lowest BCUT2D eigenvalue weighted by molar-refractivity contribution is -0.163. The number of carbonyl (C=O) groups excluding carboxylic acids is 2. The van der Waals surface area contributed by atoms with Gasteiger partial charge < -0.3 is 13.9 Å². The Morgan fingerprint density at radius 2 is 1.71 bits per heavy atom. The zero-order chi connectivity index (χ0) is 15.9. The van der Waals surface area contributed by atoms with Gasteiger partial charge >= 0.3 is 11.9 Å². The molecule has 0 bridgehead atoms. The maximum absolute atomic E-state index is 12.1. The van der Waals surface area contributed by atoms with Gasteiger partial charge in [-0.1, -0.05) is 0 Å². The van der Waals surface area contributed by atoms with Gasteiger partial charge in [0.1, 0.15) is 0 Å². The molecule has 1 fully saturated rings. The van der Waals surface area contributed by atoms with Gasteiger partial charge in [0.2, 0.25) is 8.32 Å². The van der Waals surface area contributed by atoms with Gasteiger partial charge in [0.05, 0.1) is 20.0 Å². The quantitative estimate of drug-likeness (QED) is 0.454. The molecular formula is C15H24O5Si. The predicted octanol–water partition coefficient (Wildman–Crippen LogP) is 2.63. The van der Waals surface area contributed by atoms with Gasteiger partial charge in [0.25, 0.3) is 0 Å². The molecule has 6 heteroatoms. The summed E-state index contributed by atoms with van der Waals surface area (Å²) in [6.07, 6.45) is 4.73. The fraction of sp³-hybridized carbons (Fsp3) is 0.733. The van der Waals surface area contributed by atoms with E-state index in [1.807, 2.05) is 6.08 Å². The van der Waals surface area contributed by atoms with Crippen LogP contribution in [-0.2, 0) is 23.5 Å². The Hall–Kier alpha value is -1.30. The third-order valence-corrected chi connectivity index (χ3v) is 5.33. The number of hydrogen-bond donors (Lipinski definition) is 0. The third-order valence-electron chi connectivity index (χ3n) is 4.46. The minimum absolute atomic E-state index is 0.348. The van der Waals surface area contributed by atoms with Crippen molar-refractivity contribution in [1.29, 1.82) is 0 Å². The van der Waals surface area contributed by atoms with Crippen LogP contribution in [-0.4, -0.2) is 34.5 Å². The predicted molar refractivity (Wildman–Crippen MR) is 79.9 cm³/mol. The minimum atomic E-state index is -1.62. The zero-order valence-corrected chi connectivity index (χ0v) is 14.4. The van der Waals surface area contributed by atoms with Crippen molar-refractivity contribution in [2.45, 2.75) is 45.3 Å². The van der Waals surface area contributed by atoms with Gasteiger partial charge in [-0.25, -0.2) is 0 Å². The maximum atomic E-state index is 12.1. The lowest BCUT2D eigenvalue weighted by Crippen LogP contribution is -2.35. The molecule has 0 radical (unpaired) electrons. The largest absolute Gasteiger partial charge is 0.548 e. The van der Waals surface area contributed by atoms with Crippen LogP contribution in [0.3, 0.4) is 0 Å². The molecule has 0 aromatic rings. The summed E-state index contributed by atoms with van der Waals surface area (Å²) in [6, 6.07) is 0. The monoisotopic (exact) mass is 312 g/mol. The van der Waals surface area contributed by atoms with Gasteiger partial charge in [0, 0.05) is 11.8 Å². The molecule has 0 amide bonds. The Morgan fingerprint density at radius 1 is 1.14 bits per heavy atom. The molecule has 0 heterocycles. The first-order chi connectivity index (χ1) is 9.71. The average Bonchev–Trinajstić information content (AvgIpc) is 3.08. The highest BCUT2D eigenvalue weighted by atomic mass is 28.4. The van der Waals surface area contributed by atoms with Crippen LogP contribution in [0.2, 0.25) is 19.6 Å². The second-order valence-corrected chi connectivity index (χ2v) is 11.4. The molecule has 2 aliphatic carbocycles. The van der Waals surface area contributed by atoms with Crippen molar-refractivity contribution in [1.82, 2.24) is 0 Å². The summed E-state index contributed by atoms with van der Waals surface area (Å²) in [5.74, 6) is 0.0463. The molecule has 0 saturated heterocycles. The summed E-state index contributed by atoms with van der Waals surface area (Å²) < 4.78 is 15.7. The smallest absolute Gasteiger partial charge is 0.323 e. The van der Waals surface area contributed by atoms with Crippen molar-refractivity contribution in [2.24, 2.45) is 10.8 Å². The molecule has 0 aliphatic heterocycles. The lowest BCUT2D eigenvalue weighted by atomic mass is 9.82. The molecule has 0 aromatic carbocycles. The first-order valence-electron chi connectivity index (χ1n) is 7.26. The van der Waals surface area contributed by atoms with Gasteiger partial charge in [-0.2, -0.15) is 0 Å². The summed E-state index contributed by atoms with van der Waals surface area (Å²) in [7, 11) is 1.02. The maximum Gasteiger partial charge on any atom is 0.323 e. The number of methoxy groups -OCH3 is 2. The highest BCUT2D eigenvalue weighted by Crippen LogP contribution is 2.71. The van der Waals surface area contributed by atoms with Crippen molar-refractivity contribution >= 4 is 20.3 Å². The van der Waals surface area contributed by atoms with Crippen LogP contribution in [0.25, 0.3) is 0 Å². The first kappa shape index (κ1) is 16.1. The van der Waals surface area contributed by atoms with Crippen LogP contribution < -0.4 is 0 Å². The first-order valence-corrected chi connectivity index (χ1v) is 10.7. The van der Waals surface area contributed by atoms with Crippen molar-refractivity contribution in [3.05, 3.63) is 11.8 Å². The number of hydrogen-bond acceptors (Lipinski definition) is 5. The second-order valence-electron chi connectivity index (χ2n) is 6.93. The van der Waals surface area contributed by atoms with Crippen LogP contribution in [0.4, 0.5) is 0 Å². The summed E-state index contributed by atoms with van der Waals surface area (Å²) in [5.41, 5.74) is -1.46. The second kappa shape index (κ2) is 5.16. The van der Waals surface area contributed by atoms with Crippen LogP contribution in [0.5, 0.6) is 0 Å². The molecule has 0 unspecified atom stereocenters. The Labute approximate surface area is 126 Å². The van der Waals surface area contributed by atoms with E-state index in [1.54, 1.807) is 0 Å².